The first-order chi connectivity index (χ1) is 8.25. The number of aromatic nitrogens is 1. The van der Waals surface area contributed by atoms with E-state index in [2.05, 4.69) is 29.1 Å². The molecule has 2 N–H and O–H groups in total. The number of nitrogens with two attached hydrogens (primary N) is 1. The van der Waals surface area contributed by atoms with Crippen LogP contribution in [-0.4, -0.2) is 18.6 Å². The number of likely N-dealkylation sites (N-methyl/N-ethyl adjacent to an activating group) is 1. The molecule has 0 saturated heterocycles. The molecule has 0 aliphatic carbocycles. The van der Waals surface area contributed by atoms with Crippen molar-refractivity contribution in [1.29, 1.82) is 0 Å². The molecule has 0 aliphatic heterocycles. The van der Waals surface area contributed by atoms with Gasteiger partial charge >= 0.3 is 0 Å². The summed E-state index contributed by atoms with van der Waals surface area (Å²) >= 11 is 0. The summed E-state index contributed by atoms with van der Waals surface area (Å²) in [5, 5.41) is 0. The molecule has 1 heterocycles. The maximum atomic E-state index is 5.60. The van der Waals surface area contributed by atoms with Crippen molar-refractivity contribution < 1.29 is 0 Å². The molecule has 17 heavy (non-hydrogen) atoms. The Morgan fingerprint density at radius 3 is 2.53 bits per heavy atom. The summed E-state index contributed by atoms with van der Waals surface area (Å²) in [6.07, 6.45) is 2.63. The molecule has 2 aromatic rings. The van der Waals surface area contributed by atoms with Crippen LogP contribution in [0.4, 0.5) is 11.4 Å². The van der Waals surface area contributed by atoms with Crippen molar-refractivity contribution in [3.63, 3.8) is 0 Å². The van der Waals surface area contributed by atoms with E-state index >= 15 is 0 Å². The molecule has 0 atom stereocenters. The Kier molecular flexibility index (Phi) is 3.60. The van der Waals surface area contributed by atoms with Crippen LogP contribution in [0.1, 0.15) is 5.69 Å². The minimum Gasteiger partial charge on any atom is -0.397 e. The topological polar surface area (TPSA) is 42.1 Å². The number of nitrogen functional groups attached to an aromatic ring is 1. The van der Waals surface area contributed by atoms with E-state index in [4.69, 9.17) is 5.73 Å². The predicted molar refractivity (Wildman–Crippen MR) is 72.1 cm³/mol. The highest BCUT2D eigenvalue weighted by atomic mass is 15.1. The minimum atomic E-state index is 0.713. The van der Waals surface area contributed by atoms with Gasteiger partial charge in [0.15, 0.2) is 0 Å². The van der Waals surface area contributed by atoms with E-state index in [1.165, 1.54) is 5.69 Å². The molecule has 3 heteroatoms. The van der Waals surface area contributed by atoms with Crippen molar-refractivity contribution in [2.45, 2.75) is 6.42 Å². The Bertz CT molecular complexity index is 451. The molecule has 3 nitrogen and oxygen atoms in total. The molecule has 1 aromatic carbocycles. The standard InChI is InChI=1S/C14H17N3/c1-17(14-5-3-2-4-6-14)10-9-13-8-7-12(15)11-16-13/h2-8,11H,9-10,15H2,1H3. The zero-order valence-corrected chi connectivity index (χ0v) is 10.0. The van der Waals surface area contributed by atoms with Crippen LogP contribution in [-0.2, 0) is 6.42 Å². The normalized spacial score (nSPS) is 10.2. The van der Waals surface area contributed by atoms with E-state index in [0.29, 0.717) is 5.69 Å². The molecule has 88 valence electrons. The van der Waals surface area contributed by atoms with E-state index < -0.39 is 0 Å². The third-order valence-corrected chi connectivity index (χ3v) is 2.75. The quantitative estimate of drug-likeness (QED) is 0.871. The second-order valence-electron chi connectivity index (χ2n) is 4.09. The van der Waals surface area contributed by atoms with E-state index in [1.54, 1.807) is 6.20 Å². The van der Waals surface area contributed by atoms with Crippen molar-refractivity contribution in [3.8, 4) is 0 Å². The lowest BCUT2D eigenvalue weighted by atomic mass is 10.2. The van der Waals surface area contributed by atoms with Gasteiger partial charge in [0.05, 0.1) is 11.9 Å². The predicted octanol–water partition coefficient (Wildman–Crippen LogP) is 2.34. The van der Waals surface area contributed by atoms with Gasteiger partial charge in [-0.3, -0.25) is 4.98 Å². The molecule has 0 unspecified atom stereocenters. The van der Waals surface area contributed by atoms with Gasteiger partial charge in [-0.05, 0) is 24.3 Å². The Morgan fingerprint density at radius 2 is 1.88 bits per heavy atom. The monoisotopic (exact) mass is 227 g/mol. The van der Waals surface area contributed by atoms with Crippen LogP contribution < -0.4 is 10.6 Å². The van der Waals surface area contributed by atoms with Crippen LogP contribution in [0.25, 0.3) is 0 Å². The van der Waals surface area contributed by atoms with Crippen LogP contribution in [0.3, 0.4) is 0 Å². The van der Waals surface area contributed by atoms with Crippen molar-refractivity contribution in [2.75, 3.05) is 24.2 Å². The average Bonchev–Trinajstić information content (AvgIpc) is 2.39. The van der Waals surface area contributed by atoms with E-state index in [9.17, 15) is 0 Å². The van der Waals surface area contributed by atoms with Gasteiger partial charge in [0.2, 0.25) is 0 Å². The highest BCUT2D eigenvalue weighted by Gasteiger charge is 2.01. The molecular formula is C14H17N3. The fourth-order valence-corrected chi connectivity index (χ4v) is 1.68. The van der Waals surface area contributed by atoms with Crippen molar-refractivity contribution in [3.05, 3.63) is 54.4 Å². The number of pyridine rings is 1. The summed E-state index contributed by atoms with van der Waals surface area (Å²) in [5.74, 6) is 0. The Balaban J connectivity index is 1.92. The SMILES string of the molecule is CN(CCc1ccc(N)cn1)c1ccccc1. The van der Waals surface area contributed by atoms with Gasteiger partial charge in [0, 0.05) is 31.4 Å². The summed E-state index contributed by atoms with van der Waals surface area (Å²) in [7, 11) is 2.09. The van der Waals surface area contributed by atoms with Gasteiger partial charge in [-0.2, -0.15) is 0 Å². The summed E-state index contributed by atoms with van der Waals surface area (Å²) < 4.78 is 0. The molecule has 2 rings (SSSR count). The number of hydrogen-bond donors (Lipinski definition) is 1. The molecule has 0 amide bonds. The number of rotatable bonds is 4. The molecule has 0 saturated carbocycles. The van der Waals surface area contributed by atoms with Gasteiger partial charge < -0.3 is 10.6 Å². The Morgan fingerprint density at radius 1 is 1.12 bits per heavy atom. The zero-order chi connectivity index (χ0) is 12.1. The lowest BCUT2D eigenvalue weighted by Gasteiger charge is -2.18. The fraction of sp³-hybridized carbons (Fsp3) is 0.214. The molecule has 1 aromatic heterocycles. The third-order valence-electron chi connectivity index (χ3n) is 2.75. The van der Waals surface area contributed by atoms with Gasteiger partial charge in [0.25, 0.3) is 0 Å². The van der Waals surface area contributed by atoms with Gasteiger partial charge in [-0.15, -0.1) is 0 Å². The number of benzene rings is 1. The summed E-state index contributed by atoms with van der Waals surface area (Å²) in [6.45, 7) is 0.945. The zero-order valence-electron chi connectivity index (χ0n) is 10.0. The Labute approximate surface area is 102 Å². The largest absolute Gasteiger partial charge is 0.397 e. The van der Waals surface area contributed by atoms with E-state index in [-0.39, 0.29) is 0 Å². The molecule has 0 bridgehead atoms. The van der Waals surface area contributed by atoms with Gasteiger partial charge in [-0.1, -0.05) is 18.2 Å². The maximum Gasteiger partial charge on any atom is 0.0501 e. The lowest BCUT2D eigenvalue weighted by molar-refractivity contribution is 0.853. The maximum absolute atomic E-state index is 5.60. The second kappa shape index (κ2) is 5.34. The van der Waals surface area contributed by atoms with Crippen LogP contribution in [0.15, 0.2) is 48.7 Å². The fourth-order valence-electron chi connectivity index (χ4n) is 1.68. The summed E-state index contributed by atoms with van der Waals surface area (Å²) in [6, 6.07) is 14.2. The molecule has 0 spiro atoms. The smallest absolute Gasteiger partial charge is 0.0501 e. The molecule has 0 fully saturated rings. The third kappa shape index (κ3) is 3.21. The number of anilines is 2. The average molecular weight is 227 g/mol. The van der Waals surface area contributed by atoms with E-state index in [0.717, 1.165) is 18.7 Å². The molecule has 0 radical (unpaired) electrons. The van der Waals surface area contributed by atoms with Crippen molar-refractivity contribution in [2.24, 2.45) is 0 Å². The highest BCUT2D eigenvalue weighted by molar-refractivity contribution is 5.45. The molecule has 0 aliphatic rings. The van der Waals surface area contributed by atoms with Gasteiger partial charge in [0.1, 0.15) is 0 Å². The van der Waals surface area contributed by atoms with Crippen LogP contribution in [0.5, 0.6) is 0 Å². The van der Waals surface area contributed by atoms with Crippen LogP contribution in [0.2, 0.25) is 0 Å². The number of para-hydroxylation sites is 1. The van der Waals surface area contributed by atoms with Crippen LogP contribution >= 0.6 is 0 Å². The minimum absolute atomic E-state index is 0.713. The number of hydrogen-bond acceptors (Lipinski definition) is 3. The first kappa shape index (κ1) is 11.5. The van der Waals surface area contributed by atoms with E-state index in [1.807, 2.05) is 30.3 Å². The second-order valence-corrected chi connectivity index (χ2v) is 4.09. The van der Waals surface area contributed by atoms with Gasteiger partial charge in [-0.25, -0.2) is 0 Å². The van der Waals surface area contributed by atoms with Crippen LogP contribution in [0, 0.1) is 0 Å². The first-order valence-corrected chi connectivity index (χ1v) is 5.72. The number of nitrogens with zero attached hydrogens (tertiary/aromatic N) is 2. The van der Waals surface area contributed by atoms with Crippen molar-refractivity contribution in [1.82, 2.24) is 4.98 Å². The lowest BCUT2D eigenvalue weighted by Crippen LogP contribution is -2.20. The first-order valence-electron chi connectivity index (χ1n) is 5.72. The Hall–Kier alpha value is -2.03. The molecular weight excluding hydrogens is 210 g/mol. The summed E-state index contributed by atoms with van der Waals surface area (Å²) in [4.78, 5) is 6.51. The highest BCUT2D eigenvalue weighted by Crippen LogP contribution is 2.11. The van der Waals surface area contributed by atoms with Crippen molar-refractivity contribution >= 4 is 11.4 Å². The summed E-state index contributed by atoms with van der Waals surface area (Å²) in [5.41, 5.74) is 8.61.